The van der Waals surface area contributed by atoms with E-state index in [-0.39, 0.29) is 11.6 Å². The van der Waals surface area contributed by atoms with E-state index in [0.717, 1.165) is 46.4 Å². The van der Waals surface area contributed by atoms with Gasteiger partial charge in [0.2, 0.25) is 0 Å². The predicted molar refractivity (Wildman–Crippen MR) is 269 cm³/mol. The number of hydrogen-bond donors (Lipinski definition) is 2. The normalized spacial score (nSPS) is 16.6. The summed E-state index contributed by atoms with van der Waals surface area (Å²) in [5, 5.41) is 4.81. The molecular weight excluding hydrogens is 999 g/mol. The van der Waals surface area contributed by atoms with Gasteiger partial charge < -0.3 is 29.4 Å². The van der Waals surface area contributed by atoms with Crippen molar-refractivity contribution in [1.82, 2.24) is 9.97 Å². The molecule has 0 aliphatic carbocycles. The molecule has 3 aliphatic heterocycles. The summed E-state index contributed by atoms with van der Waals surface area (Å²) in [6.07, 6.45) is 3.49. The van der Waals surface area contributed by atoms with E-state index in [0.29, 0.717) is 57.1 Å². The number of ketones is 2. The molecule has 1 fully saturated rings. The summed E-state index contributed by atoms with van der Waals surface area (Å²) in [6.45, 7) is 19.6. The lowest BCUT2D eigenvalue weighted by atomic mass is 9.74. The molecule has 18 heteroatoms. The van der Waals surface area contributed by atoms with Gasteiger partial charge in [-0.2, -0.15) is 0 Å². The van der Waals surface area contributed by atoms with Crippen LogP contribution in [0.5, 0.6) is 11.5 Å². The summed E-state index contributed by atoms with van der Waals surface area (Å²) in [7, 11) is -0.450. The van der Waals surface area contributed by atoms with Gasteiger partial charge in [0.1, 0.15) is 61.7 Å². The molecular formula is C54H52BBrF4N4O8. The molecule has 0 spiro atoms. The molecule has 2 N–H and O–H groups in total. The first kappa shape index (κ1) is 53.1. The van der Waals surface area contributed by atoms with Gasteiger partial charge in [-0.1, -0.05) is 17.7 Å². The number of pyridine rings is 2. The van der Waals surface area contributed by atoms with Crippen LogP contribution in [0.15, 0.2) is 102 Å². The summed E-state index contributed by atoms with van der Waals surface area (Å²) < 4.78 is 79.2. The van der Waals surface area contributed by atoms with Gasteiger partial charge >= 0.3 is 7.12 Å². The average Bonchev–Trinajstić information content (AvgIpc) is 3.50. The van der Waals surface area contributed by atoms with Crippen molar-refractivity contribution in [2.75, 3.05) is 10.6 Å². The lowest BCUT2D eigenvalue weighted by Crippen LogP contribution is -2.41. The predicted octanol–water partition coefficient (Wildman–Crippen LogP) is 11.7. The Morgan fingerprint density at radius 3 is 1.44 bits per heavy atom. The second-order valence-electron chi connectivity index (χ2n) is 19.8. The molecule has 3 aliphatic rings. The first-order valence-electron chi connectivity index (χ1n) is 22.8. The zero-order valence-corrected chi connectivity index (χ0v) is 42.9. The fourth-order valence-electron chi connectivity index (χ4n) is 8.02. The van der Waals surface area contributed by atoms with Gasteiger partial charge in [-0.3, -0.25) is 24.2 Å². The number of Topliss-reactive ketones (excluding diaryl/α,β-unsaturated/α-hetero) is 2. The lowest BCUT2D eigenvalue weighted by Gasteiger charge is -2.32. The molecule has 1 saturated heterocycles. The zero-order valence-electron chi connectivity index (χ0n) is 41.3. The van der Waals surface area contributed by atoms with Gasteiger partial charge in [-0.25, -0.2) is 22.5 Å². The number of halogens is 5. The van der Waals surface area contributed by atoms with E-state index < -0.39 is 75.7 Å². The maximum Gasteiger partial charge on any atom is 0.495 e. The van der Waals surface area contributed by atoms with E-state index in [4.69, 9.17) is 18.8 Å². The third-order valence-electron chi connectivity index (χ3n) is 12.4. The molecule has 5 heterocycles. The Balaban J connectivity index is 0.000000165. The number of nitrogens with zero attached hydrogens (tertiary/aromatic N) is 2. The molecule has 0 radical (unpaired) electrons. The highest BCUT2D eigenvalue weighted by Crippen LogP contribution is 2.40. The standard InChI is InChI=1S/C24H20F2N2O3.C18H25BO4.C12H7BrF2N2O/c1-13-9-16-20(29)11-24(2,3)31-21(16)10-15(13)19-8-7-14(12-27-19)28-23(30)22-17(25)5-4-6-18(22)26;1-11-8-12-14(20)10-16(2,3)21-15(12)9-13(11)19-22-17(4,5)18(6,7)23-19;13-10-5-4-7(6-16-10)17-12(18)11-8(14)2-1-3-9(11)15/h4-10,12H,11H2,1-3H3,(H,28,30);8-9H,10H2,1-7H3;1-6H,(H,17,18). The molecule has 2 amide bonds. The fourth-order valence-corrected chi connectivity index (χ4v) is 8.26. The summed E-state index contributed by atoms with van der Waals surface area (Å²) in [4.78, 5) is 57.0. The van der Waals surface area contributed by atoms with Crippen molar-refractivity contribution >= 4 is 63.3 Å². The number of carbonyl (C=O) groups is 4. The van der Waals surface area contributed by atoms with Crippen molar-refractivity contribution in [2.45, 2.75) is 104 Å². The number of hydrogen-bond acceptors (Lipinski definition) is 10. The molecule has 12 nitrogen and oxygen atoms in total. The molecule has 0 atom stereocenters. The smallest absolute Gasteiger partial charge is 0.487 e. The van der Waals surface area contributed by atoms with Crippen LogP contribution in [0.25, 0.3) is 11.3 Å². The summed E-state index contributed by atoms with van der Waals surface area (Å²) in [5.41, 5.74) is 2.89. The van der Waals surface area contributed by atoms with Gasteiger partial charge in [0.05, 0.1) is 64.6 Å². The van der Waals surface area contributed by atoms with Crippen LogP contribution in [-0.4, -0.2) is 62.9 Å². The molecule has 6 aromatic rings. The number of benzene rings is 4. The minimum atomic E-state index is -0.941. The second-order valence-corrected chi connectivity index (χ2v) is 20.6. The molecule has 374 valence electrons. The fraction of sp³-hybridized carbons (Fsp3) is 0.296. The Kier molecular flexibility index (Phi) is 15.0. The molecule has 9 rings (SSSR count). The number of anilines is 2. The molecule has 0 bridgehead atoms. The Morgan fingerprint density at radius 2 is 1.01 bits per heavy atom. The van der Waals surface area contributed by atoms with Crippen LogP contribution in [0.2, 0.25) is 0 Å². The number of rotatable bonds is 6. The minimum Gasteiger partial charge on any atom is -0.487 e. The highest BCUT2D eigenvalue weighted by atomic mass is 79.9. The van der Waals surface area contributed by atoms with Crippen LogP contribution >= 0.6 is 15.9 Å². The van der Waals surface area contributed by atoms with Crippen LogP contribution in [0.1, 0.15) is 121 Å². The lowest BCUT2D eigenvalue weighted by molar-refractivity contribution is 0.00578. The Bertz CT molecular complexity index is 3060. The third-order valence-corrected chi connectivity index (χ3v) is 12.9. The number of ether oxygens (including phenoxy) is 2. The first-order valence-corrected chi connectivity index (χ1v) is 23.6. The number of amides is 2. The second kappa shape index (κ2) is 20.4. The summed E-state index contributed by atoms with van der Waals surface area (Å²) in [6, 6.07) is 20.3. The maximum absolute atomic E-state index is 13.8. The summed E-state index contributed by atoms with van der Waals surface area (Å²) >= 11 is 3.14. The SMILES string of the molecule is Cc1cc2c(cc1-c1ccc(NC(=O)c3c(F)cccc3F)cn1)OC(C)(C)CC2=O.Cc1cc2c(cc1B1OC(C)(C)C(C)(C)O1)OC(C)(C)CC2=O.O=C(Nc1ccc(Br)nc1)c1c(F)cccc1F. The van der Waals surface area contributed by atoms with Gasteiger partial charge in [0.15, 0.2) is 11.6 Å². The topological polar surface area (TPSA) is 155 Å². The number of nitrogens with one attached hydrogen (secondary N) is 2. The maximum atomic E-state index is 13.8. The van der Waals surface area contributed by atoms with E-state index in [9.17, 15) is 36.7 Å². The number of aryl methyl sites for hydroxylation is 2. The van der Waals surface area contributed by atoms with E-state index in [1.165, 1.54) is 24.5 Å². The van der Waals surface area contributed by atoms with Crippen LogP contribution in [0.4, 0.5) is 28.9 Å². The highest BCUT2D eigenvalue weighted by Gasteiger charge is 2.52. The van der Waals surface area contributed by atoms with Crippen molar-refractivity contribution in [2.24, 2.45) is 0 Å². The largest absolute Gasteiger partial charge is 0.495 e. The van der Waals surface area contributed by atoms with Crippen molar-refractivity contribution in [3.8, 4) is 22.8 Å². The van der Waals surface area contributed by atoms with Gasteiger partial charge in [0, 0.05) is 5.56 Å². The minimum absolute atomic E-state index is 0.0345. The molecule has 4 aromatic carbocycles. The van der Waals surface area contributed by atoms with E-state index in [2.05, 4.69) is 36.5 Å². The number of carbonyl (C=O) groups excluding carboxylic acids is 4. The van der Waals surface area contributed by atoms with Gasteiger partial charge in [0.25, 0.3) is 11.8 Å². The number of fused-ring (bicyclic) bond motifs is 2. The average molecular weight is 1050 g/mol. The van der Waals surface area contributed by atoms with Gasteiger partial charge in [-0.05, 0) is 169 Å². The first-order chi connectivity index (χ1) is 33.6. The highest BCUT2D eigenvalue weighted by molar-refractivity contribution is 9.10. The van der Waals surface area contributed by atoms with Crippen LogP contribution < -0.4 is 25.6 Å². The van der Waals surface area contributed by atoms with E-state index in [1.807, 2.05) is 81.4 Å². The van der Waals surface area contributed by atoms with Crippen molar-refractivity contribution in [3.63, 3.8) is 0 Å². The molecule has 0 unspecified atom stereocenters. The van der Waals surface area contributed by atoms with Gasteiger partial charge in [-0.15, -0.1) is 0 Å². The third kappa shape index (κ3) is 11.8. The van der Waals surface area contributed by atoms with Crippen LogP contribution in [0.3, 0.4) is 0 Å². The zero-order chi connectivity index (χ0) is 52.7. The monoisotopic (exact) mass is 1050 g/mol. The van der Waals surface area contributed by atoms with Crippen molar-refractivity contribution < 1.29 is 55.5 Å². The quantitative estimate of drug-likeness (QED) is 0.0935. The van der Waals surface area contributed by atoms with Crippen molar-refractivity contribution in [1.29, 1.82) is 0 Å². The Morgan fingerprint density at radius 1 is 0.583 bits per heavy atom. The summed E-state index contributed by atoms with van der Waals surface area (Å²) in [5.74, 6) is -4.15. The van der Waals surface area contributed by atoms with E-state index in [1.54, 1.807) is 36.4 Å². The van der Waals surface area contributed by atoms with E-state index >= 15 is 0 Å². The number of aromatic nitrogens is 2. The molecule has 2 aromatic heterocycles. The molecule has 0 saturated carbocycles. The van der Waals surface area contributed by atoms with Crippen molar-refractivity contribution in [3.05, 3.63) is 159 Å². The Hall–Kier alpha value is -6.76. The molecule has 72 heavy (non-hydrogen) atoms. The van der Waals surface area contributed by atoms with Crippen LogP contribution in [-0.2, 0) is 9.31 Å². The Labute approximate surface area is 423 Å². The van der Waals surface area contributed by atoms with Crippen LogP contribution in [0, 0.1) is 37.1 Å².